The zero-order chi connectivity index (χ0) is 17.5. The van der Waals surface area contributed by atoms with E-state index in [1.165, 1.54) is 0 Å². The average Bonchev–Trinajstić information content (AvgIpc) is 2.61. The van der Waals surface area contributed by atoms with Crippen molar-refractivity contribution in [3.8, 4) is 11.5 Å². The van der Waals surface area contributed by atoms with Gasteiger partial charge in [0.15, 0.2) is 11.5 Å². The smallest absolute Gasteiger partial charge is 0.409 e. The van der Waals surface area contributed by atoms with Crippen LogP contribution in [0.15, 0.2) is 18.2 Å². The van der Waals surface area contributed by atoms with Gasteiger partial charge in [0.25, 0.3) is 0 Å². The van der Waals surface area contributed by atoms with Gasteiger partial charge in [-0.3, -0.25) is 4.79 Å². The van der Waals surface area contributed by atoms with Gasteiger partial charge in [0.2, 0.25) is 5.91 Å². The van der Waals surface area contributed by atoms with Gasteiger partial charge < -0.3 is 24.4 Å². The van der Waals surface area contributed by atoms with E-state index in [1.807, 2.05) is 0 Å². The monoisotopic (exact) mass is 336 g/mol. The molecule has 1 atom stereocenters. The van der Waals surface area contributed by atoms with Crippen LogP contribution in [0.3, 0.4) is 0 Å². The van der Waals surface area contributed by atoms with Crippen LogP contribution in [0.4, 0.5) is 10.5 Å². The molecular weight excluding hydrogens is 312 g/mol. The van der Waals surface area contributed by atoms with E-state index < -0.39 is 0 Å². The number of ether oxygens (including phenoxy) is 3. The number of rotatable bonds is 5. The Morgan fingerprint density at radius 2 is 2.00 bits per heavy atom. The van der Waals surface area contributed by atoms with E-state index in [0.717, 1.165) is 12.8 Å². The summed E-state index contributed by atoms with van der Waals surface area (Å²) in [6, 6.07) is 5.20. The molecular formula is C17H24N2O5. The van der Waals surface area contributed by atoms with E-state index in [0.29, 0.717) is 36.9 Å². The molecule has 0 saturated carbocycles. The van der Waals surface area contributed by atoms with Crippen molar-refractivity contribution < 1.29 is 23.8 Å². The van der Waals surface area contributed by atoms with Gasteiger partial charge in [-0.1, -0.05) is 0 Å². The molecule has 7 heteroatoms. The van der Waals surface area contributed by atoms with Crippen LogP contribution in [0.5, 0.6) is 11.5 Å². The predicted octanol–water partition coefficient (Wildman–Crippen LogP) is 2.51. The number of nitrogens with one attached hydrogen (secondary N) is 1. The largest absolute Gasteiger partial charge is 0.493 e. The van der Waals surface area contributed by atoms with Crippen LogP contribution in [0.1, 0.15) is 19.8 Å². The summed E-state index contributed by atoms with van der Waals surface area (Å²) >= 11 is 0. The van der Waals surface area contributed by atoms with E-state index in [-0.39, 0.29) is 17.9 Å². The first-order chi connectivity index (χ1) is 11.6. The van der Waals surface area contributed by atoms with Crippen molar-refractivity contribution in [2.24, 2.45) is 5.92 Å². The lowest BCUT2D eigenvalue weighted by atomic mass is 9.97. The number of methoxy groups -OCH3 is 2. The Hall–Kier alpha value is -2.44. The normalized spacial score (nSPS) is 17.1. The molecule has 1 aromatic carbocycles. The fraction of sp³-hybridized carbons (Fsp3) is 0.529. The highest BCUT2D eigenvalue weighted by Gasteiger charge is 2.29. The number of anilines is 1. The van der Waals surface area contributed by atoms with E-state index >= 15 is 0 Å². The highest BCUT2D eigenvalue weighted by Crippen LogP contribution is 2.30. The molecule has 1 unspecified atom stereocenters. The molecule has 2 amide bonds. The summed E-state index contributed by atoms with van der Waals surface area (Å²) in [4.78, 5) is 25.9. The highest BCUT2D eigenvalue weighted by molar-refractivity contribution is 5.93. The highest BCUT2D eigenvalue weighted by atomic mass is 16.6. The lowest BCUT2D eigenvalue weighted by molar-refractivity contribution is -0.121. The van der Waals surface area contributed by atoms with Crippen LogP contribution < -0.4 is 14.8 Å². The molecule has 0 aliphatic carbocycles. The topological polar surface area (TPSA) is 77.1 Å². The molecule has 0 aromatic heterocycles. The predicted molar refractivity (Wildman–Crippen MR) is 89.5 cm³/mol. The SMILES string of the molecule is CCOC(=O)N1CCCC(C(=O)Nc2ccc(OC)c(OC)c2)C1. The van der Waals surface area contributed by atoms with Crippen molar-refractivity contribution >= 4 is 17.7 Å². The number of carbonyl (C=O) groups excluding carboxylic acids is 2. The Morgan fingerprint density at radius 3 is 2.67 bits per heavy atom. The van der Waals surface area contributed by atoms with Gasteiger partial charge in [-0.2, -0.15) is 0 Å². The van der Waals surface area contributed by atoms with Crippen molar-refractivity contribution in [3.63, 3.8) is 0 Å². The number of hydrogen-bond donors (Lipinski definition) is 1. The molecule has 0 radical (unpaired) electrons. The number of amides is 2. The third-order valence-corrected chi connectivity index (χ3v) is 3.97. The molecule has 132 valence electrons. The molecule has 1 heterocycles. The minimum absolute atomic E-state index is 0.115. The van der Waals surface area contributed by atoms with Crippen LogP contribution >= 0.6 is 0 Å². The minimum atomic E-state index is -0.360. The number of hydrogen-bond acceptors (Lipinski definition) is 5. The lowest BCUT2D eigenvalue weighted by Gasteiger charge is -2.31. The van der Waals surface area contributed by atoms with Crippen LogP contribution in [0.2, 0.25) is 0 Å². The molecule has 1 aliphatic heterocycles. The molecule has 1 saturated heterocycles. The Bertz CT molecular complexity index is 590. The van der Waals surface area contributed by atoms with E-state index in [4.69, 9.17) is 14.2 Å². The van der Waals surface area contributed by atoms with Crippen molar-refractivity contribution in [1.82, 2.24) is 4.90 Å². The summed E-state index contributed by atoms with van der Waals surface area (Å²) in [7, 11) is 3.10. The quantitative estimate of drug-likeness (QED) is 0.894. The number of benzene rings is 1. The maximum atomic E-state index is 12.5. The number of likely N-dealkylation sites (tertiary alicyclic amines) is 1. The van der Waals surface area contributed by atoms with E-state index in [1.54, 1.807) is 44.2 Å². The third kappa shape index (κ3) is 4.31. The molecule has 0 bridgehead atoms. The van der Waals surface area contributed by atoms with Crippen molar-refractivity contribution in [2.75, 3.05) is 39.2 Å². The summed E-state index contributed by atoms with van der Waals surface area (Å²) in [5.41, 5.74) is 0.630. The first-order valence-corrected chi connectivity index (χ1v) is 8.03. The van der Waals surface area contributed by atoms with Crippen molar-refractivity contribution in [1.29, 1.82) is 0 Å². The summed E-state index contributed by atoms with van der Waals surface area (Å²) in [6.07, 6.45) is 1.17. The zero-order valence-electron chi connectivity index (χ0n) is 14.3. The standard InChI is InChI=1S/C17H24N2O5/c1-4-24-17(21)19-9-5-6-12(11-19)16(20)18-13-7-8-14(22-2)15(10-13)23-3/h7-8,10,12H,4-6,9,11H2,1-3H3,(H,18,20). The average molecular weight is 336 g/mol. The molecule has 7 nitrogen and oxygen atoms in total. The Balaban J connectivity index is 2.00. The fourth-order valence-corrected chi connectivity index (χ4v) is 2.73. The second kappa shape index (κ2) is 8.42. The second-order valence-corrected chi connectivity index (χ2v) is 5.54. The van der Waals surface area contributed by atoms with Gasteiger partial charge in [0.1, 0.15) is 0 Å². The third-order valence-electron chi connectivity index (χ3n) is 3.97. The fourth-order valence-electron chi connectivity index (χ4n) is 2.73. The Labute approximate surface area is 141 Å². The molecule has 1 fully saturated rings. The van der Waals surface area contributed by atoms with Gasteiger partial charge in [0.05, 0.1) is 26.7 Å². The Kier molecular flexibility index (Phi) is 6.28. The van der Waals surface area contributed by atoms with Gasteiger partial charge in [0, 0.05) is 24.8 Å². The molecule has 1 N–H and O–H groups in total. The van der Waals surface area contributed by atoms with Crippen molar-refractivity contribution in [2.45, 2.75) is 19.8 Å². The van der Waals surface area contributed by atoms with Gasteiger partial charge >= 0.3 is 6.09 Å². The molecule has 2 rings (SSSR count). The van der Waals surface area contributed by atoms with Gasteiger partial charge in [-0.05, 0) is 31.9 Å². The van der Waals surface area contributed by atoms with E-state index in [9.17, 15) is 9.59 Å². The summed E-state index contributed by atoms with van der Waals surface area (Å²) < 4.78 is 15.4. The van der Waals surface area contributed by atoms with Crippen LogP contribution in [-0.2, 0) is 9.53 Å². The molecule has 1 aromatic rings. The molecule has 24 heavy (non-hydrogen) atoms. The van der Waals surface area contributed by atoms with Crippen LogP contribution in [0.25, 0.3) is 0 Å². The van der Waals surface area contributed by atoms with Gasteiger partial charge in [-0.25, -0.2) is 4.79 Å². The first-order valence-electron chi connectivity index (χ1n) is 8.03. The minimum Gasteiger partial charge on any atom is -0.493 e. The second-order valence-electron chi connectivity index (χ2n) is 5.54. The first kappa shape index (κ1) is 17.9. The summed E-state index contributed by atoms with van der Waals surface area (Å²) in [6.45, 7) is 3.10. The number of piperidine rings is 1. The van der Waals surface area contributed by atoms with Crippen LogP contribution in [0, 0.1) is 5.92 Å². The maximum Gasteiger partial charge on any atom is 0.409 e. The van der Waals surface area contributed by atoms with E-state index in [2.05, 4.69) is 5.32 Å². The molecule has 1 aliphatic rings. The summed E-state index contributed by atoms with van der Waals surface area (Å²) in [5.74, 6) is 0.779. The molecule has 0 spiro atoms. The van der Waals surface area contributed by atoms with Gasteiger partial charge in [-0.15, -0.1) is 0 Å². The number of carbonyl (C=O) groups is 2. The van der Waals surface area contributed by atoms with Crippen LogP contribution in [-0.4, -0.2) is 50.8 Å². The Morgan fingerprint density at radius 1 is 1.25 bits per heavy atom. The lowest BCUT2D eigenvalue weighted by Crippen LogP contribution is -2.44. The zero-order valence-corrected chi connectivity index (χ0v) is 14.3. The number of nitrogens with zero attached hydrogens (tertiary/aromatic N) is 1. The summed E-state index contributed by atoms with van der Waals surface area (Å²) in [5, 5.41) is 2.88. The maximum absolute atomic E-state index is 12.5. The van der Waals surface area contributed by atoms with Crippen molar-refractivity contribution in [3.05, 3.63) is 18.2 Å².